The van der Waals surface area contributed by atoms with E-state index >= 15 is 0 Å². The number of aromatic nitrogens is 2. The SMILES string of the molecule is BC(F)(P)c1ncc(C(C)C)cn1. The molecule has 0 bridgehead atoms. The normalized spacial score (nSPS) is 15.8. The van der Waals surface area contributed by atoms with E-state index in [0.29, 0.717) is 5.92 Å². The van der Waals surface area contributed by atoms with E-state index in [-0.39, 0.29) is 5.82 Å². The molecule has 0 radical (unpaired) electrons. The molecule has 0 amide bonds. The minimum Gasteiger partial charge on any atom is -0.241 e. The smallest absolute Gasteiger partial charge is 0.165 e. The Labute approximate surface area is 81.0 Å². The van der Waals surface area contributed by atoms with Crippen LogP contribution in [0, 0.1) is 0 Å². The van der Waals surface area contributed by atoms with E-state index in [1.165, 1.54) is 7.85 Å². The van der Waals surface area contributed by atoms with E-state index in [0.717, 1.165) is 5.56 Å². The lowest BCUT2D eigenvalue weighted by Gasteiger charge is -2.12. The Morgan fingerprint density at radius 2 is 1.92 bits per heavy atom. The summed E-state index contributed by atoms with van der Waals surface area (Å²) in [4.78, 5) is 7.93. The van der Waals surface area contributed by atoms with E-state index in [9.17, 15) is 4.39 Å². The highest BCUT2D eigenvalue weighted by molar-refractivity contribution is 7.21. The highest BCUT2D eigenvalue weighted by atomic mass is 31.0. The maximum atomic E-state index is 13.3. The van der Waals surface area contributed by atoms with Crippen LogP contribution in [0.5, 0.6) is 0 Å². The van der Waals surface area contributed by atoms with Gasteiger partial charge in [0.15, 0.2) is 13.7 Å². The molecule has 0 fully saturated rings. The average Bonchev–Trinajstić information content (AvgIpc) is 2.03. The summed E-state index contributed by atoms with van der Waals surface area (Å²) in [5.74, 6) is 0.589. The number of alkyl halides is 1. The first-order valence-corrected chi connectivity index (χ1v) is 4.79. The zero-order valence-corrected chi connectivity index (χ0v) is 9.24. The Morgan fingerprint density at radius 1 is 1.46 bits per heavy atom. The number of nitrogens with zero attached hydrogens (tertiary/aromatic N) is 2. The molecular weight excluding hydrogens is 185 g/mol. The fourth-order valence-electron chi connectivity index (χ4n) is 0.889. The van der Waals surface area contributed by atoms with Crippen molar-refractivity contribution in [2.75, 3.05) is 0 Å². The van der Waals surface area contributed by atoms with Crippen LogP contribution in [0.15, 0.2) is 12.4 Å². The summed E-state index contributed by atoms with van der Waals surface area (Å²) >= 11 is 0. The van der Waals surface area contributed by atoms with Gasteiger partial charge in [0.05, 0.1) is 0 Å². The van der Waals surface area contributed by atoms with Gasteiger partial charge in [-0.3, -0.25) is 0 Å². The van der Waals surface area contributed by atoms with Crippen molar-refractivity contribution in [2.24, 2.45) is 0 Å². The topological polar surface area (TPSA) is 25.8 Å². The lowest BCUT2D eigenvalue weighted by Crippen LogP contribution is -2.15. The van der Waals surface area contributed by atoms with Crippen LogP contribution in [0.1, 0.15) is 31.2 Å². The Bertz CT molecular complexity index is 281. The highest BCUT2D eigenvalue weighted by Crippen LogP contribution is 2.26. The van der Waals surface area contributed by atoms with Crippen molar-refractivity contribution in [1.29, 1.82) is 0 Å². The van der Waals surface area contributed by atoms with Crippen molar-refractivity contribution < 1.29 is 4.39 Å². The quantitative estimate of drug-likeness (QED) is 0.526. The first-order chi connectivity index (χ1) is 5.91. The molecule has 2 unspecified atom stereocenters. The van der Waals surface area contributed by atoms with Gasteiger partial charge in [-0.2, -0.15) is 0 Å². The molecule has 1 aromatic heterocycles. The molecule has 0 aliphatic rings. The molecule has 0 N–H and O–H groups in total. The summed E-state index contributed by atoms with van der Waals surface area (Å²) in [5.41, 5.74) is 1.03. The summed E-state index contributed by atoms with van der Waals surface area (Å²) in [7, 11) is 3.50. The molecule has 0 saturated carbocycles. The average molecular weight is 198 g/mol. The largest absolute Gasteiger partial charge is 0.241 e. The zero-order valence-electron chi connectivity index (χ0n) is 8.08. The molecule has 5 heteroatoms. The Hall–Kier alpha value is -0.495. The van der Waals surface area contributed by atoms with Crippen LogP contribution in [0.2, 0.25) is 0 Å². The van der Waals surface area contributed by atoms with Crippen LogP contribution >= 0.6 is 9.24 Å². The summed E-state index contributed by atoms with van der Waals surface area (Å²) in [6, 6.07) is 0. The predicted molar refractivity (Wildman–Crippen MR) is 57.2 cm³/mol. The third kappa shape index (κ3) is 2.73. The van der Waals surface area contributed by atoms with Crippen molar-refractivity contribution in [1.82, 2.24) is 9.97 Å². The first kappa shape index (κ1) is 10.6. The fourth-order valence-corrected chi connectivity index (χ4v) is 1.04. The second kappa shape index (κ2) is 3.71. The molecule has 0 spiro atoms. The highest BCUT2D eigenvalue weighted by Gasteiger charge is 2.22. The predicted octanol–water partition coefficient (Wildman–Crippen LogP) is 1.19. The molecule has 0 saturated heterocycles. The molecule has 2 atom stereocenters. The summed E-state index contributed by atoms with van der Waals surface area (Å²) < 4.78 is 13.3. The second-order valence-electron chi connectivity index (χ2n) is 3.57. The van der Waals surface area contributed by atoms with E-state index < -0.39 is 5.31 Å². The first-order valence-electron chi connectivity index (χ1n) is 4.21. The number of hydrogen-bond acceptors (Lipinski definition) is 2. The van der Waals surface area contributed by atoms with Crippen LogP contribution in [0.4, 0.5) is 4.39 Å². The lowest BCUT2D eigenvalue weighted by atomic mass is 10.00. The third-order valence-electron chi connectivity index (χ3n) is 1.78. The summed E-state index contributed by atoms with van der Waals surface area (Å²) in [6.45, 7) is 4.10. The van der Waals surface area contributed by atoms with Crippen LogP contribution in [0.3, 0.4) is 0 Å². The fraction of sp³-hybridized carbons (Fsp3) is 0.500. The minimum atomic E-state index is -1.53. The summed E-state index contributed by atoms with van der Waals surface area (Å²) in [6.07, 6.45) is 3.35. The molecule has 1 heterocycles. The van der Waals surface area contributed by atoms with Gasteiger partial charge in [0.1, 0.15) is 5.31 Å². The molecule has 2 nitrogen and oxygen atoms in total. The Morgan fingerprint density at radius 3 is 2.23 bits per heavy atom. The molecule has 0 aliphatic carbocycles. The van der Waals surface area contributed by atoms with E-state index in [2.05, 4.69) is 19.2 Å². The van der Waals surface area contributed by atoms with Gasteiger partial charge in [0.25, 0.3) is 0 Å². The van der Waals surface area contributed by atoms with Crippen molar-refractivity contribution >= 4 is 17.1 Å². The molecular formula is C8H13BFN2P. The van der Waals surface area contributed by atoms with Crippen molar-refractivity contribution in [3.8, 4) is 0 Å². The monoisotopic (exact) mass is 198 g/mol. The maximum absolute atomic E-state index is 13.3. The van der Waals surface area contributed by atoms with Gasteiger partial charge >= 0.3 is 0 Å². The lowest BCUT2D eigenvalue weighted by molar-refractivity contribution is 0.393. The van der Waals surface area contributed by atoms with Gasteiger partial charge in [-0.15, -0.1) is 0 Å². The van der Waals surface area contributed by atoms with Gasteiger partial charge in [-0.1, -0.05) is 23.1 Å². The van der Waals surface area contributed by atoms with Crippen molar-refractivity contribution in [3.63, 3.8) is 0 Å². The molecule has 70 valence electrons. The van der Waals surface area contributed by atoms with Crippen LogP contribution in [-0.4, -0.2) is 17.8 Å². The summed E-state index contributed by atoms with van der Waals surface area (Å²) in [5, 5.41) is -1.53. The van der Waals surface area contributed by atoms with Crippen LogP contribution < -0.4 is 0 Å². The molecule has 13 heavy (non-hydrogen) atoms. The van der Waals surface area contributed by atoms with Crippen LogP contribution in [-0.2, 0) is 5.31 Å². The number of halogens is 1. The Kier molecular flexibility index (Phi) is 3.02. The van der Waals surface area contributed by atoms with Gasteiger partial charge in [-0.25, -0.2) is 14.4 Å². The minimum absolute atomic E-state index is 0.210. The molecule has 0 aromatic carbocycles. The standard InChI is InChI=1S/C8H13BFN2P/c1-5(2)6-3-11-7(12-4-6)8(9,10)13/h3-5H,9,13H2,1-2H3. The Balaban J connectivity index is 2.94. The maximum Gasteiger partial charge on any atom is 0.165 e. The van der Waals surface area contributed by atoms with E-state index in [1.54, 1.807) is 12.4 Å². The molecule has 0 aliphatic heterocycles. The van der Waals surface area contributed by atoms with Gasteiger partial charge < -0.3 is 0 Å². The van der Waals surface area contributed by atoms with E-state index in [4.69, 9.17) is 0 Å². The molecule has 1 aromatic rings. The third-order valence-corrected chi connectivity index (χ3v) is 2.03. The number of hydrogen-bond donors (Lipinski definition) is 0. The van der Waals surface area contributed by atoms with E-state index in [1.807, 2.05) is 13.8 Å². The van der Waals surface area contributed by atoms with Gasteiger partial charge in [0.2, 0.25) is 0 Å². The van der Waals surface area contributed by atoms with Crippen LogP contribution in [0.25, 0.3) is 0 Å². The van der Waals surface area contributed by atoms with Gasteiger partial charge in [-0.05, 0) is 11.5 Å². The second-order valence-corrected chi connectivity index (χ2v) is 4.65. The number of rotatable bonds is 2. The van der Waals surface area contributed by atoms with Gasteiger partial charge in [0, 0.05) is 12.4 Å². The zero-order chi connectivity index (χ0) is 10.1. The molecule has 1 rings (SSSR count). The van der Waals surface area contributed by atoms with Crippen molar-refractivity contribution in [2.45, 2.75) is 25.1 Å². The van der Waals surface area contributed by atoms with Crippen molar-refractivity contribution in [3.05, 3.63) is 23.8 Å².